The maximum Gasteiger partial charge on any atom is 0.168 e. The molecule has 0 aliphatic carbocycles. The van der Waals surface area contributed by atoms with E-state index in [1.165, 1.54) is 21.8 Å². The van der Waals surface area contributed by atoms with Crippen LogP contribution in [0, 0.1) is 0 Å². The number of hydrogen-bond donors (Lipinski definition) is 8. The Kier molecular flexibility index (Phi) is 6.86. The molecule has 8 atom stereocenters. The minimum atomic E-state index is -1.42. The highest BCUT2D eigenvalue weighted by Gasteiger charge is 2.46. The fraction of sp³-hybridized carbons (Fsp3) is 0.385. The largest absolute Gasteiger partial charge is 0.394 e. The van der Waals surface area contributed by atoms with Gasteiger partial charge in [0.2, 0.25) is 0 Å². The first-order valence-electron chi connectivity index (χ1n) is 13.6. The number of benzene rings is 1. The Hall–Kier alpha value is -4.40. The van der Waals surface area contributed by atoms with Crippen molar-refractivity contribution in [2.45, 2.75) is 49.1 Å². The van der Waals surface area contributed by atoms with Crippen LogP contribution in [0.4, 0.5) is 11.6 Å². The zero-order valence-corrected chi connectivity index (χ0v) is 22.7. The van der Waals surface area contributed by atoms with Gasteiger partial charge in [-0.05, 0) is 0 Å². The average Bonchev–Trinajstić information content (AvgIpc) is 3.76. The molecule has 10 N–H and O–H groups in total. The van der Waals surface area contributed by atoms with Crippen molar-refractivity contribution in [1.82, 2.24) is 39.0 Å². The van der Waals surface area contributed by atoms with Gasteiger partial charge in [-0.3, -0.25) is 9.13 Å². The van der Waals surface area contributed by atoms with Gasteiger partial charge in [-0.2, -0.15) is 0 Å². The summed E-state index contributed by atoms with van der Waals surface area (Å²) >= 11 is 0. The second-order valence-electron chi connectivity index (χ2n) is 10.5. The van der Waals surface area contributed by atoms with Gasteiger partial charge >= 0.3 is 0 Å². The third-order valence-corrected chi connectivity index (χ3v) is 7.96. The topological polar surface area (TPSA) is 279 Å². The number of nitrogen functional groups attached to an aromatic ring is 2. The normalized spacial score (nSPS) is 28.9. The van der Waals surface area contributed by atoms with Crippen LogP contribution in [0.15, 0.2) is 36.9 Å². The van der Waals surface area contributed by atoms with Crippen LogP contribution in [-0.4, -0.2) is 120 Å². The first-order chi connectivity index (χ1) is 21.2. The van der Waals surface area contributed by atoms with Crippen molar-refractivity contribution in [3.63, 3.8) is 0 Å². The molecule has 0 saturated carbocycles. The van der Waals surface area contributed by atoms with Crippen LogP contribution in [0.1, 0.15) is 12.5 Å². The molecule has 2 fully saturated rings. The molecule has 2 aliphatic heterocycles. The van der Waals surface area contributed by atoms with Gasteiger partial charge in [0.15, 0.2) is 46.4 Å². The van der Waals surface area contributed by atoms with E-state index in [0.29, 0.717) is 11.1 Å². The molecule has 6 heterocycles. The molecule has 230 valence electrons. The lowest BCUT2D eigenvalue weighted by Crippen LogP contribution is -2.33. The van der Waals surface area contributed by atoms with Gasteiger partial charge in [0.25, 0.3) is 0 Å². The first kappa shape index (κ1) is 28.4. The number of fused-ring (bicyclic) bond motifs is 2. The lowest BCUT2D eigenvalue weighted by atomic mass is 10.1. The van der Waals surface area contributed by atoms with Crippen LogP contribution < -0.4 is 11.5 Å². The third-order valence-electron chi connectivity index (χ3n) is 7.96. The molecular formula is C26H28N10O8. The van der Waals surface area contributed by atoms with E-state index in [2.05, 4.69) is 29.9 Å². The summed E-state index contributed by atoms with van der Waals surface area (Å²) < 4.78 is 14.6. The minimum Gasteiger partial charge on any atom is -0.394 e. The number of ether oxygens (including phenoxy) is 2. The lowest BCUT2D eigenvalue weighted by Gasteiger charge is -2.20. The number of hydrogen-bond acceptors (Lipinski definition) is 16. The highest BCUT2D eigenvalue weighted by molar-refractivity contribution is 5.87. The van der Waals surface area contributed by atoms with Crippen molar-refractivity contribution in [2.75, 3.05) is 24.7 Å². The van der Waals surface area contributed by atoms with Gasteiger partial charge < -0.3 is 51.6 Å². The van der Waals surface area contributed by atoms with Crippen molar-refractivity contribution in [3.8, 4) is 22.8 Å². The zero-order chi connectivity index (χ0) is 30.9. The molecule has 2 saturated heterocycles. The maximum absolute atomic E-state index is 10.8. The quantitative estimate of drug-likeness (QED) is 0.100. The Morgan fingerprint density at radius 3 is 1.34 bits per heavy atom. The van der Waals surface area contributed by atoms with Gasteiger partial charge in [-0.15, -0.1) is 0 Å². The molecule has 2 aliphatic rings. The number of nitrogens with two attached hydrogens (primary N) is 2. The van der Waals surface area contributed by atoms with Crippen LogP contribution in [-0.2, 0) is 9.47 Å². The summed E-state index contributed by atoms with van der Waals surface area (Å²) in [5, 5.41) is 61.8. The minimum absolute atomic E-state index is 0.0873. The summed E-state index contributed by atoms with van der Waals surface area (Å²) in [5.41, 5.74) is 14.2. The van der Waals surface area contributed by atoms with E-state index in [0.717, 1.165) is 0 Å². The first-order valence-corrected chi connectivity index (χ1v) is 13.6. The van der Waals surface area contributed by atoms with Crippen molar-refractivity contribution in [2.24, 2.45) is 0 Å². The summed E-state index contributed by atoms with van der Waals surface area (Å²) in [6.07, 6.45) is -7.48. The van der Waals surface area contributed by atoms with Crippen LogP contribution in [0.5, 0.6) is 0 Å². The molecule has 4 aromatic heterocycles. The molecule has 18 nitrogen and oxygen atoms in total. The molecule has 0 amide bonds. The number of aliphatic hydroxyl groups is 6. The van der Waals surface area contributed by atoms with Crippen LogP contribution in [0.2, 0.25) is 0 Å². The molecular weight excluding hydrogens is 580 g/mol. The number of nitrogens with zero attached hydrogens (tertiary/aromatic N) is 8. The molecule has 0 unspecified atom stereocenters. The fourth-order valence-corrected chi connectivity index (χ4v) is 5.70. The van der Waals surface area contributed by atoms with Crippen molar-refractivity contribution < 1.29 is 40.1 Å². The molecule has 0 bridgehead atoms. The number of imidazole rings is 2. The van der Waals surface area contributed by atoms with E-state index in [-0.39, 0.29) is 45.6 Å². The predicted molar refractivity (Wildman–Crippen MR) is 150 cm³/mol. The number of aliphatic hydroxyl groups excluding tert-OH is 6. The third kappa shape index (κ3) is 4.19. The summed E-state index contributed by atoms with van der Waals surface area (Å²) in [6, 6.07) is 6.81. The van der Waals surface area contributed by atoms with Gasteiger partial charge in [0, 0.05) is 11.1 Å². The zero-order valence-electron chi connectivity index (χ0n) is 22.7. The average molecular weight is 609 g/mol. The van der Waals surface area contributed by atoms with Gasteiger partial charge in [0.05, 0.1) is 13.2 Å². The summed E-state index contributed by atoms with van der Waals surface area (Å²) in [7, 11) is 0. The van der Waals surface area contributed by atoms with Crippen molar-refractivity contribution in [3.05, 3.63) is 36.9 Å². The van der Waals surface area contributed by atoms with E-state index >= 15 is 0 Å². The van der Waals surface area contributed by atoms with E-state index in [1.54, 1.807) is 24.3 Å². The highest BCUT2D eigenvalue weighted by Crippen LogP contribution is 2.39. The summed E-state index contributed by atoms with van der Waals surface area (Å²) in [4.78, 5) is 25.8. The second-order valence-corrected chi connectivity index (χ2v) is 10.5. The Labute approximate surface area is 246 Å². The molecule has 7 rings (SSSR count). The number of aromatic nitrogens is 8. The van der Waals surface area contributed by atoms with Gasteiger partial charge in [-0.1, -0.05) is 24.3 Å². The van der Waals surface area contributed by atoms with Crippen LogP contribution in [0.3, 0.4) is 0 Å². The second kappa shape index (κ2) is 10.6. The Bertz CT molecular complexity index is 1720. The lowest BCUT2D eigenvalue weighted by molar-refractivity contribution is -0.0503. The van der Waals surface area contributed by atoms with E-state index in [4.69, 9.17) is 20.9 Å². The fourth-order valence-electron chi connectivity index (χ4n) is 5.70. The van der Waals surface area contributed by atoms with Crippen molar-refractivity contribution >= 4 is 34.0 Å². The maximum atomic E-state index is 10.8. The van der Waals surface area contributed by atoms with E-state index in [9.17, 15) is 30.6 Å². The molecule has 1 aromatic carbocycles. The van der Waals surface area contributed by atoms with E-state index in [1.807, 2.05) is 0 Å². The Balaban J connectivity index is 1.34. The van der Waals surface area contributed by atoms with Gasteiger partial charge in [-0.25, -0.2) is 29.9 Å². The SMILES string of the molecule is Nc1ncnc2c1nc(-c1ccc(-c3nc4c(N)ncnc4n3[C@@H]3O[C@H](CO)[C@@H](O)[C@H]3O)cc1)n2[C@@H]1O[C@H](CO)[C@@H](O)[C@H]1O. The Morgan fingerprint density at radius 1 is 0.614 bits per heavy atom. The Morgan fingerprint density at radius 2 is 1.00 bits per heavy atom. The molecule has 44 heavy (non-hydrogen) atoms. The highest BCUT2D eigenvalue weighted by atomic mass is 16.6. The number of anilines is 2. The number of rotatable bonds is 6. The van der Waals surface area contributed by atoms with Crippen LogP contribution >= 0.6 is 0 Å². The molecule has 0 spiro atoms. The predicted octanol–water partition coefficient (Wildman–Crippen LogP) is -2.31. The molecule has 5 aromatic rings. The molecule has 0 radical (unpaired) electrons. The smallest absolute Gasteiger partial charge is 0.168 e. The van der Waals surface area contributed by atoms with E-state index < -0.39 is 62.3 Å². The molecule has 18 heteroatoms. The van der Waals surface area contributed by atoms with Gasteiger partial charge in [0.1, 0.15) is 60.9 Å². The monoisotopic (exact) mass is 608 g/mol. The standard InChI is InChI=1S/C26H28N10O8/c27-19-13-23(31-7-29-19)35(25-17(41)15(39)11(5-37)43-25)21(33-13)9-1-2-10(4-3-9)22-34-14-20(28)30-8-32-24(14)36(22)26-18(42)16(40)12(6-38)44-26/h1-4,7-8,11-12,15-18,25-26,37-42H,5-6H2,(H2,27,29,31)(H2,28,30,32)/t11-,12-,15-,16-,17-,18-,25-,26-/m1/s1. The summed E-state index contributed by atoms with van der Waals surface area (Å²) in [5.74, 6) is 0.731. The van der Waals surface area contributed by atoms with Crippen molar-refractivity contribution in [1.29, 1.82) is 0 Å². The van der Waals surface area contributed by atoms with Crippen LogP contribution in [0.25, 0.3) is 45.1 Å². The summed E-state index contributed by atoms with van der Waals surface area (Å²) in [6.45, 7) is -1.04.